The van der Waals surface area contributed by atoms with Crippen molar-refractivity contribution < 1.29 is 4.79 Å². The van der Waals surface area contributed by atoms with Crippen molar-refractivity contribution in [2.75, 3.05) is 11.9 Å². The highest BCUT2D eigenvalue weighted by Crippen LogP contribution is 2.17. The average molecular weight is 236 g/mol. The molecular weight excluding hydrogens is 224 g/mol. The highest BCUT2D eigenvalue weighted by Gasteiger charge is 2.05. The number of H-pyrrole nitrogens is 1. The number of aromatic amines is 1. The molecule has 0 aliphatic heterocycles. The molecule has 0 aliphatic carbocycles. The SMILES string of the molecule is NCC(=O)Nc1nc(Cc2ccc[nH]2)cs1. The number of hydrogen-bond donors (Lipinski definition) is 3. The summed E-state index contributed by atoms with van der Waals surface area (Å²) in [4.78, 5) is 18.4. The number of carbonyl (C=O) groups is 1. The van der Waals surface area contributed by atoms with E-state index in [4.69, 9.17) is 5.73 Å². The van der Waals surface area contributed by atoms with Crippen LogP contribution in [0, 0.1) is 0 Å². The van der Waals surface area contributed by atoms with Gasteiger partial charge in [0.2, 0.25) is 5.91 Å². The second-order valence-corrected chi connectivity index (χ2v) is 4.13. The van der Waals surface area contributed by atoms with Gasteiger partial charge in [0.1, 0.15) is 0 Å². The number of anilines is 1. The van der Waals surface area contributed by atoms with Gasteiger partial charge in [-0.3, -0.25) is 4.79 Å². The van der Waals surface area contributed by atoms with Crippen molar-refractivity contribution in [2.24, 2.45) is 5.73 Å². The van der Waals surface area contributed by atoms with Gasteiger partial charge in [-0.15, -0.1) is 11.3 Å². The van der Waals surface area contributed by atoms with E-state index in [1.54, 1.807) is 0 Å². The standard InChI is InChI=1S/C10H12N4OS/c11-5-9(15)14-10-13-8(6-16-10)4-7-2-1-3-12-7/h1-3,6,12H,4-5,11H2,(H,13,14,15). The third kappa shape index (κ3) is 2.68. The molecule has 6 heteroatoms. The molecule has 0 fully saturated rings. The largest absolute Gasteiger partial charge is 0.365 e. The van der Waals surface area contributed by atoms with Gasteiger partial charge in [0.25, 0.3) is 0 Å². The Labute approximate surface area is 96.7 Å². The second kappa shape index (κ2) is 4.91. The summed E-state index contributed by atoms with van der Waals surface area (Å²) in [7, 11) is 0. The molecule has 2 heterocycles. The lowest BCUT2D eigenvalue weighted by Gasteiger charge is -1.96. The smallest absolute Gasteiger partial charge is 0.239 e. The van der Waals surface area contributed by atoms with E-state index in [1.807, 2.05) is 23.7 Å². The van der Waals surface area contributed by atoms with Gasteiger partial charge >= 0.3 is 0 Å². The highest BCUT2D eigenvalue weighted by molar-refractivity contribution is 7.13. The maximum atomic E-state index is 11.0. The topological polar surface area (TPSA) is 83.8 Å². The van der Waals surface area contributed by atoms with Crippen LogP contribution < -0.4 is 11.1 Å². The first-order chi connectivity index (χ1) is 7.78. The predicted octanol–water partition coefficient (Wildman–Crippen LogP) is 0.959. The fourth-order valence-corrected chi connectivity index (χ4v) is 2.01. The number of thiazole rings is 1. The lowest BCUT2D eigenvalue weighted by Crippen LogP contribution is -2.21. The van der Waals surface area contributed by atoms with Crippen LogP contribution in [0.5, 0.6) is 0 Å². The summed E-state index contributed by atoms with van der Waals surface area (Å²) in [6.45, 7) is -0.0223. The number of nitrogens with one attached hydrogen (secondary N) is 2. The molecule has 0 aliphatic rings. The number of hydrogen-bond acceptors (Lipinski definition) is 4. The maximum Gasteiger partial charge on any atom is 0.239 e. The Morgan fingerprint density at radius 3 is 3.19 bits per heavy atom. The number of carbonyl (C=O) groups excluding carboxylic acids is 1. The molecule has 0 aromatic carbocycles. The molecule has 1 amide bonds. The molecule has 2 aromatic rings. The molecule has 2 rings (SSSR count). The quantitative estimate of drug-likeness (QED) is 0.739. The van der Waals surface area contributed by atoms with Crippen LogP contribution in [-0.2, 0) is 11.2 Å². The van der Waals surface area contributed by atoms with Gasteiger partial charge in [-0.25, -0.2) is 4.98 Å². The van der Waals surface area contributed by atoms with Crippen molar-refractivity contribution in [1.82, 2.24) is 9.97 Å². The highest BCUT2D eigenvalue weighted by atomic mass is 32.1. The van der Waals surface area contributed by atoms with Crippen LogP contribution in [-0.4, -0.2) is 22.4 Å². The average Bonchev–Trinajstić information content (AvgIpc) is 2.91. The molecule has 0 unspecified atom stereocenters. The summed E-state index contributed by atoms with van der Waals surface area (Å²) in [5.41, 5.74) is 7.23. The van der Waals surface area contributed by atoms with Gasteiger partial charge in [-0.05, 0) is 12.1 Å². The second-order valence-electron chi connectivity index (χ2n) is 3.27. The maximum absolute atomic E-state index is 11.0. The predicted molar refractivity (Wildman–Crippen MR) is 63.4 cm³/mol. The molecule has 84 valence electrons. The van der Waals surface area contributed by atoms with Crippen molar-refractivity contribution in [2.45, 2.75) is 6.42 Å². The first kappa shape index (κ1) is 10.8. The number of amides is 1. The zero-order valence-electron chi connectivity index (χ0n) is 8.56. The lowest BCUT2D eigenvalue weighted by molar-refractivity contribution is -0.114. The normalized spacial score (nSPS) is 10.3. The molecule has 16 heavy (non-hydrogen) atoms. The van der Waals surface area contributed by atoms with E-state index < -0.39 is 0 Å². The third-order valence-electron chi connectivity index (χ3n) is 2.02. The van der Waals surface area contributed by atoms with Crippen LogP contribution in [0.1, 0.15) is 11.4 Å². The van der Waals surface area contributed by atoms with E-state index >= 15 is 0 Å². The Bertz CT molecular complexity index is 463. The molecule has 0 saturated carbocycles. The van der Waals surface area contributed by atoms with Crippen LogP contribution in [0.15, 0.2) is 23.7 Å². The number of nitrogens with two attached hydrogens (primary N) is 1. The van der Waals surface area contributed by atoms with E-state index in [-0.39, 0.29) is 12.5 Å². The summed E-state index contributed by atoms with van der Waals surface area (Å²) in [6, 6.07) is 3.94. The summed E-state index contributed by atoms with van der Waals surface area (Å²) < 4.78 is 0. The summed E-state index contributed by atoms with van der Waals surface area (Å²) in [6.07, 6.45) is 2.61. The molecule has 0 bridgehead atoms. The number of rotatable bonds is 4. The molecule has 0 atom stereocenters. The van der Waals surface area contributed by atoms with Crippen LogP contribution in [0.3, 0.4) is 0 Å². The van der Waals surface area contributed by atoms with Crippen LogP contribution >= 0.6 is 11.3 Å². The van der Waals surface area contributed by atoms with Crippen molar-refractivity contribution in [3.05, 3.63) is 35.1 Å². The number of aromatic nitrogens is 2. The summed E-state index contributed by atoms with van der Waals surface area (Å²) in [5.74, 6) is -0.222. The Morgan fingerprint density at radius 1 is 1.62 bits per heavy atom. The molecule has 0 radical (unpaired) electrons. The fraction of sp³-hybridized carbons (Fsp3) is 0.200. The minimum atomic E-state index is -0.222. The van der Waals surface area contributed by atoms with Gasteiger partial charge in [-0.1, -0.05) is 0 Å². The third-order valence-corrected chi connectivity index (χ3v) is 2.82. The van der Waals surface area contributed by atoms with Gasteiger partial charge in [-0.2, -0.15) is 0 Å². The summed E-state index contributed by atoms with van der Waals surface area (Å²) >= 11 is 1.40. The molecule has 4 N–H and O–H groups in total. The van der Waals surface area contributed by atoms with Crippen molar-refractivity contribution in [1.29, 1.82) is 0 Å². The Morgan fingerprint density at radius 2 is 2.50 bits per heavy atom. The van der Waals surface area contributed by atoms with E-state index in [0.29, 0.717) is 5.13 Å². The van der Waals surface area contributed by atoms with Crippen molar-refractivity contribution >= 4 is 22.4 Å². The Kier molecular flexibility index (Phi) is 3.33. The lowest BCUT2D eigenvalue weighted by atomic mass is 10.3. The minimum absolute atomic E-state index is 0.0223. The number of nitrogens with zero attached hydrogens (tertiary/aromatic N) is 1. The first-order valence-corrected chi connectivity index (χ1v) is 5.72. The van der Waals surface area contributed by atoms with Crippen molar-refractivity contribution in [3.8, 4) is 0 Å². The van der Waals surface area contributed by atoms with Crippen LogP contribution in [0.25, 0.3) is 0 Å². The summed E-state index contributed by atoms with van der Waals surface area (Å²) in [5, 5.41) is 5.14. The Balaban J connectivity index is 1.99. The van der Waals surface area contributed by atoms with Crippen molar-refractivity contribution in [3.63, 3.8) is 0 Å². The van der Waals surface area contributed by atoms with E-state index in [9.17, 15) is 4.79 Å². The Hall–Kier alpha value is -1.66. The van der Waals surface area contributed by atoms with Crippen LogP contribution in [0.4, 0.5) is 5.13 Å². The molecular formula is C10H12N4OS. The van der Waals surface area contributed by atoms with Gasteiger partial charge in [0.15, 0.2) is 5.13 Å². The zero-order chi connectivity index (χ0) is 11.4. The van der Waals surface area contributed by atoms with Gasteiger partial charge in [0, 0.05) is 23.7 Å². The molecule has 5 nitrogen and oxygen atoms in total. The monoisotopic (exact) mass is 236 g/mol. The minimum Gasteiger partial charge on any atom is -0.365 e. The van der Waals surface area contributed by atoms with Gasteiger partial charge in [0.05, 0.1) is 12.2 Å². The molecule has 0 spiro atoms. The zero-order valence-corrected chi connectivity index (χ0v) is 9.38. The first-order valence-electron chi connectivity index (χ1n) is 4.84. The van der Waals surface area contributed by atoms with Gasteiger partial charge < -0.3 is 16.0 Å². The molecule has 2 aromatic heterocycles. The molecule has 0 saturated heterocycles. The van der Waals surface area contributed by atoms with E-state index in [1.165, 1.54) is 11.3 Å². The van der Waals surface area contributed by atoms with E-state index in [0.717, 1.165) is 17.8 Å². The van der Waals surface area contributed by atoms with Crippen LogP contribution in [0.2, 0.25) is 0 Å². The fourth-order valence-electron chi connectivity index (χ4n) is 1.29. The van der Waals surface area contributed by atoms with E-state index in [2.05, 4.69) is 15.3 Å².